The molecule has 7 nitrogen and oxygen atoms in total. The number of nitrogens with two attached hydrogens (primary N) is 1. The molecule has 0 aromatic carbocycles. The van der Waals surface area contributed by atoms with Crippen LogP contribution in [-0.4, -0.2) is 30.8 Å². The molecule has 0 aliphatic rings. The molecule has 62 valence electrons. The molecule has 0 aliphatic heterocycles. The van der Waals surface area contributed by atoms with Crippen LogP contribution < -0.4 is 5.73 Å². The van der Waals surface area contributed by atoms with E-state index in [0.717, 1.165) is 0 Å². The van der Waals surface area contributed by atoms with Crippen LogP contribution in [0.5, 0.6) is 0 Å². The molecule has 12 heavy (non-hydrogen) atoms. The Bertz CT molecular complexity index is 288. The maximum absolute atomic E-state index is 5.76. The Morgan fingerprint density at radius 2 is 1.58 bits per heavy atom. The minimum atomic E-state index is -0.373. The number of H-pyrrole nitrogens is 2. The van der Waals surface area contributed by atoms with Crippen LogP contribution >= 0.6 is 0 Å². The van der Waals surface area contributed by atoms with Gasteiger partial charge in [0.15, 0.2) is 0 Å². The van der Waals surface area contributed by atoms with Crippen molar-refractivity contribution in [1.82, 2.24) is 30.8 Å². The van der Waals surface area contributed by atoms with E-state index in [-0.39, 0.29) is 6.04 Å². The van der Waals surface area contributed by atoms with E-state index in [1.807, 2.05) is 0 Å². The van der Waals surface area contributed by atoms with Crippen molar-refractivity contribution in [1.29, 1.82) is 0 Å². The lowest BCUT2D eigenvalue weighted by Gasteiger charge is -2.00. The van der Waals surface area contributed by atoms with Crippen molar-refractivity contribution >= 4 is 0 Å². The highest BCUT2D eigenvalue weighted by Gasteiger charge is 2.13. The summed E-state index contributed by atoms with van der Waals surface area (Å²) in [6, 6.07) is -0.373. The summed E-state index contributed by atoms with van der Waals surface area (Å²) < 4.78 is 0. The van der Waals surface area contributed by atoms with Crippen LogP contribution in [0.3, 0.4) is 0 Å². The zero-order valence-electron chi connectivity index (χ0n) is 6.10. The third-order valence-corrected chi connectivity index (χ3v) is 1.50. The van der Waals surface area contributed by atoms with E-state index < -0.39 is 0 Å². The molecule has 0 amide bonds. The van der Waals surface area contributed by atoms with Crippen LogP contribution in [0.25, 0.3) is 0 Å². The van der Waals surface area contributed by atoms with E-state index in [1.54, 1.807) is 12.4 Å². The van der Waals surface area contributed by atoms with Gasteiger partial charge in [-0.05, 0) is 0 Å². The lowest BCUT2D eigenvalue weighted by atomic mass is 10.2. The second-order valence-electron chi connectivity index (χ2n) is 2.27. The quantitative estimate of drug-likeness (QED) is 0.527. The largest absolute Gasteiger partial charge is 0.317 e. The second-order valence-corrected chi connectivity index (χ2v) is 2.27. The van der Waals surface area contributed by atoms with E-state index in [1.165, 1.54) is 0 Å². The average molecular weight is 165 g/mol. The zero-order valence-corrected chi connectivity index (χ0v) is 6.10. The maximum Gasteiger partial charge on any atom is 0.105 e. The number of hydrogen-bond acceptors (Lipinski definition) is 5. The Kier molecular flexibility index (Phi) is 1.56. The topological polar surface area (TPSA) is 109 Å². The SMILES string of the molecule is NC(c1cn[nH]n1)c1cn[nH]n1. The molecule has 0 spiro atoms. The molecule has 2 aromatic heterocycles. The van der Waals surface area contributed by atoms with E-state index in [9.17, 15) is 0 Å². The normalized spacial score (nSPS) is 10.8. The molecular weight excluding hydrogens is 158 g/mol. The maximum atomic E-state index is 5.76. The summed E-state index contributed by atoms with van der Waals surface area (Å²) in [6.45, 7) is 0. The van der Waals surface area contributed by atoms with Crippen LogP contribution in [0.15, 0.2) is 12.4 Å². The monoisotopic (exact) mass is 165 g/mol. The van der Waals surface area contributed by atoms with Gasteiger partial charge >= 0.3 is 0 Å². The van der Waals surface area contributed by atoms with Crippen LogP contribution in [-0.2, 0) is 0 Å². The lowest BCUT2D eigenvalue weighted by molar-refractivity contribution is 0.771. The van der Waals surface area contributed by atoms with Crippen molar-refractivity contribution in [3.8, 4) is 0 Å². The third-order valence-electron chi connectivity index (χ3n) is 1.50. The van der Waals surface area contributed by atoms with E-state index in [2.05, 4.69) is 30.8 Å². The van der Waals surface area contributed by atoms with Gasteiger partial charge in [0.1, 0.15) is 11.4 Å². The summed E-state index contributed by atoms with van der Waals surface area (Å²) in [7, 11) is 0. The molecular formula is C5H7N7. The van der Waals surface area contributed by atoms with Crippen molar-refractivity contribution in [2.45, 2.75) is 6.04 Å². The molecule has 0 saturated carbocycles. The number of hydrogen-bond donors (Lipinski definition) is 3. The molecule has 4 N–H and O–H groups in total. The minimum Gasteiger partial charge on any atom is -0.317 e. The van der Waals surface area contributed by atoms with Gasteiger partial charge in [-0.25, -0.2) is 0 Å². The summed E-state index contributed by atoms with van der Waals surface area (Å²) in [4.78, 5) is 0. The molecule has 2 rings (SSSR count). The number of nitrogens with one attached hydrogen (secondary N) is 2. The van der Waals surface area contributed by atoms with Crippen molar-refractivity contribution in [2.75, 3.05) is 0 Å². The molecule has 0 atom stereocenters. The highest BCUT2D eigenvalue weighted by molar-refractivity contribution is 5.13. The van der Waals surface area contributed by atoms with Crippen LogP contribution in [0, 0.1) is 0 Å². The first kappa shape index (κ1) is 6.92. The number of rotatable bonds is 2. The van der Waals surface area contributed by atoms with E-state index in [4.69, 9.17) is 5.73 Å². The van der Waals surface area contributed by atoms with Crippen LogP contribution in [0.2, 0.25) is 0 Å². The van der Waals surface area contributed by atoms with Crippen molar-refractivity contribution in [2.24, 2.45) is 5.73 Å². The molecule has 0 aliphatic carbocycles. The van der Waals surface area contributed by atoms with Crippen molar-refractivity contribution < 1.29 is 0 Å². The van der Waals surface area contributed by atoms with Gasteiger partial charge in [-0.3, -0.25) is 0 Å². The van der Waals surface area contributed by atoms with Gasteiger partial charge in [-0.1, -0.05) is 0 Å². The Hall–Kier alpha value is -1.76. The Balaban J connectivity index is 2.27. The fourth-order valence-corrected chi connectivity index (χ4v) is 0.872. The number of nitrogens with zero attached hydrogens (tertiary/aromatic N) is 4. The highest BCUT2D eigenvalue weighted by Crippen LogP contribution is 2.11. The van der Waals surface area contributed by atoms with Gasteiger partial charge in [0, 0.05) is 0 Å². The van der Waals surface area contributed by atoms with Gasteiger partial charge in [-0.2, -0.15) is 30.8 Å². The molecule has 0 saturated heterocycles. The summed E-state index contributed by atoms with van der Waals surface area (Å²) in [5, 5.41) is 19.9. The standard InChI is InChI=1S/C5H7N7/c6-5(3-1-7-11-9-3)4-2-8-12-10-4/h1-2,5H,6H2,(H,7,9,11)(H,8,10,12). The first-order valence-corrected chi connectivity index (χ1v) is 3.35. The van der Waals surface area contributed by atoms with Gasteiger partial charge in [0.2, 0.25) is 0 Å². The fourth-order valence-electron chi connectivity index (χ4n) is 0.872. The van der Waals surface area contributed by atoms with Gasteiger partial charge in [-0.15, -0.1) is 0 Å². The summed E-state index contributed by atoms with van der Waals surface area (Å²) >= 11 is 0. The Labute approximate surface area is 67.4 Å². The second kappa shape index (κ2) is 2.70. The first-order valence-electron chi connectivity index (χ1n) is 3.35. The number of aromatic amines is 2. The average Bonchev–Trinajstić information content (AvgIpc) is 2.77. The van der Waals surface area contributed by atoms with Crippen molar-refractivity contribution in [3.63, 3.8) is 0 Å². The summed E-state index contributed by atoms with van der Waals surface area (Å²) in [5.74, 6) is 0. The fraction of sp³-hybridized carbons (Fsp3) is 0.200. The molecule has 2 aromatic rings. The lowest BCUT2D eigenvalue weighted by Crippen LogP contribution is -2.12. The molecule has 0 unspecified atom stereocenters. The van der Waals surface area contributed by atoms with E-state index in [0.29, 0.717) is 11.4 Å². The van der Waals surface area contributed by atoms with Gasteiger partial charge in [0.25, 0.3) is 0 Å². The van der Waals surface area contributed by atoms with Gasteiger partial charge < -0.3 is 5.73 Å². The van der Waals surface area contributed by atoms with Gasteiger partial charge in [0.05, 0.1) is 18.4 Å². The number of aromatic nitrogens is 6. The van der Waals surface area contributed by atoms with Crippen LogP contribution in [0.1, 0.15) is 17.4 Å². The van der Waals surface area contributed by atoms with E-state index >= 15 is 0 Å². The molecule has 2 heterocycles. The Morgan fingerprint density at radius 1 is 1.08 bits per heavy atom. The molecule has 7 heteroatoms. The minimum absolute atomic E-state index is 0.373. The molecule has 0 fully saturated rings. The first-order chi connectivity index (χ1) is 5.88. The predicted molar refractivity (Wildman–Crippen MR) is 38.8 cm³/mol. The summed E-state index contributed by atoms with van der Waals surface area (Å²) in [5.41, 5.74) is 7.05. The smallest absolute Gasteiger partial charge is 0.105 e. The van der Waals surface area contributed by atoms with Crippen molar-refractivity contribution in [3.05, 3.63) is 23.8 Å². The molecule has 0 bridgehead atoms. The molecule has 0 radical (unpaired) electrons. The van der Waals surface area contributed by atoms with Crippen LogP contribution in [0.4, 0.5) is 0 Å². The summed E-state index contributed by atoms with van der Waals surface area (Å²) in [6.07, 6.45) is 3.11. The predicted octanol–water partition coefficient (Wildman–Crippen LogP) is -1.03. The third kappa shape index (κ3) is 1.05. The highest BCUT2D eigenvalue weighted by atomic mass is 15.3. The zero-order chi connectivity index (χ0) is 8.39. The Morgan fingerprint density at radius 3 is 1.92 bits per heavy atom.